The van der Waals surface area contributed by atoms with Gasteiger partial charge in [-0.1, -0.05) is 36.4 Å². The highest BCUT2D eigenvalue weighted by Crippen LogP contribution is 2.20. The van der Waals surface area contributed by atoms with E-state index in [1.54, 1.807) is 0 Å². The molecule has 0 aromatic rings. The van der Waals surface area contributed by atoms with Crippen LogP contribution >= 0.6 is 22.6 Å². The van der Waals surface area contributed by atoms with Crippen molar-refractivity contribution in [3.63, 3.8) is 0 Å². The van der Waals surface area contributed by atoms with Crippen LogP contribution in [0.4, 0.5) is 0 Å². The zero-order valence-electron chi connectivity index (χ0n) is 6.70. The van der Waals surface area contributed by atoms with Crippen LogP contribution in [0.5, 0.6) is 0 Å². The number of hydrogen-bond donors (Lipinski definition) is 0. The van der Waals surface area contributed by atoms with Crippen LogP contribution < -0.4 is 0 Å². The zero-order chi connectivity index (χ0) is 7.49. The van der Waals surface area contributed by atoms with Crippen molar-refractivity contribution in [1.29, 1.82) is 0 Å². The van der Waals surface area contributed by atoms with Gasteiger partial charge in [0.15, 0.2) is 0 Å². The van der Waals surface area contributed by atoms with Crippen molar-refractivity contribution in [3.05, 3.63) is 0 Å². The number of hydrogen-bond acceptors (Lipinski definition) is 0. The average Bonchev–Trinajstić information content (AvgIpc) is 1.63. The Kier molecular flexibility index (Phi) is 4.55. The zero-order valence-corrected chi connectivity index (χ0v) is 9.67. The summed E-state index contributed by atoms with van der Waals surface area (Å²) >= 11 is 2.47. The molecule has 0 N–H and O–H groups in total. The minimum Gasteiger partial charge on any atom is -0.0856 e. The third kappa shape index (κ3) is 5.52. The highest BCUT2D eigenvalue weighted by Gasteiger charge is 2.22. The van der Waals surface area contributed by atoms with E-state index in [9.17, 15) is 0 Å². The van der Waals surface area contributed by atoms with Gasteiger partial charge in [0.05, 0.1) is 12.5 Å². The summed E-state index contributed by atoms with van der Waals surface area (Å²) in [5, 5.41) is 0. The lowest BCUT2D eigenvalue weighted by molar-refractivity contribution is 0.499. The molecule has 0 amide bonds. The van der Waals surface area contributed by atoms with E-state index in [2.05, 4.69) is 48.9 Å². The van der Waals surface area contributed by atoms with Crippen LogP contribution in [0.15, 0.2) is 0 Å². The first-order valence-electron chi connectivity index (χ1n) is 3.08. The van der Waals surface area contributed by atoms with Gasteiger partial charge in [0, 0.05) is 9.84 Å². The molecule has 0 aliphatic heterocycles. The smallest absolute Gasteiger partial charge is 0.0856 e. The Balaban J connectivity index is 3.58. The first-order valence-corrected chi connectivity index (χ1v) is 6.82. The predicted molar refractivity (Wildman–Crippen MR) is 56.7 cm³/mol. The summed E-state index contributed by atoms with van der Waals surface area (Å²) in [7, 11) is 0.610. The van der Waals surface area contributed by atoms with Gasteiger partial charge in [0.2, 0.25) is 0 Å². The van der Waals surface area contributed by atoms with Crippen LogP contribution in [-0.4, -0.2) is 22.7 Å². The lowest BCUT2D eigenvalue weighted by Crippen LogP contribution is -2.23. The average molecular weight is 259 g/mol. The summed E-state index contributed by atoms with van der Waals surface area (Å²) in [6.45, 7) is 4.68. The second-order valence-corrected chi connectivity index (χ2v) is 6.45. The van der Waals surface area contributed by atoms with Gasteiger partial charge in [-0.15, -0.1) is 0 Å². The number of rotatable bonds is 3. The maximum absolute atomic E-state index is 2.47. The van der Waals surface area contributed by atoms with E-state index in [-0.39, 0.29) is 0 Å². The first-order chi connectivity index (χ1) is 3.98. The topological polar surface area (TPSA) is 0 Å². The quantitative estimate of drug-likeness (QED) is 0.414. The summed E-state index contributed by atoms with van der Waals surface area (Å²) in [5.41, 5.74) is 0.563. The van der Waals surface area contributed by atoms with E-state index in [0.29, 0.717) is 16.3 Å². The van der Waals surface area contributed by atoms with Gasteiger partial charge >= 0.3 is 0 Å². The highest BCUT2D eigenvalue weighted by molar-refractivity contribution is 14.1. The maximum Gasteiger partial charge on any atom is 0.113 e. The van der Waals surface area contributed by atoms with Gasteiger partial charge in [-0.3, -0.25) is 0 Å². The summed E-state index contributed by atoms with van der Waals surface area (Å²) < 4.78 is 1.27. The van der Waals surface area contributed by atoms with Crippen molar-refractivity contribution in [2.75, 3.05) is 22.7 Å². The van der Waals surface area contributed by atoms with E-state index >= 15 is 0 Å². The van der Waals surface area contributed by atoms with Crippen molar-refractivity contribution in [1.82, 2.24) is 0 Å². The van der Waals surface area contributed by atoms with Crippen LogP contribution in [0, 0.1) is 5.41 Å². The minimum atomic E-state index is 0.563. The molecule has 56 valence electrons. The second-order valence-electron chi connectivity index (χ2n) is 3.43. The van der Waals surface area contributed by atoms with Gasteiger partial charge in [0.25, 0.3) is 0 Å². The molecule has 0 fully saturated rings. The molecule has 0 aliphatic rings. The van der Waals surface area contributed by atoms with Gasteiger partial charge in [-0.25, -0.2) is 0 Å². The maximum atomic E-state index is 2.47. The van der Waals surface area contributed by atoms with Crippen LogP contribution in [-0.2, 0) is 10.9 Å². The Bertz CT molecular complexity index is 79.0. The summed E-state index contributed by atoms with van der Waals surface area (Å²) in [6, 6.07) is 0. The highest BCUT2D eigenvalue weighted by atomic mass is 127. The van der Waals surface area contributed by atoms with Gasteiger partial charge in [0.1, 0.15) is 5.75 Å². The molecule has 0 heterocycles. The van der Waals surface area contributed by atoms with Crippen molar-refractivity contribution in [2.24, 2.45) is 5.41 Å². The van der Waals surface area contributed by atoms with Crippen LogP contribution in [0.25, 0.3) is 0 Å². The third-order valence-corrected chi connectivity index (χ3v) is 4.46. The van der Waals surface area contributed by atoms with Crippen molar-refractivity contribution < 1.29 is 0 Å². The van der Waals surface area contributed by atoms with Crippen LogP contribution in [0.3, 0.4) is 0 Å². The van der Waals surface area contributed by atoms with E-state index in [0.717, 1.165) is 0 Å². The lowest BCUT2D eigenvalue weighted by Gasteiger charge is -2.17. The molecule has 0 saturated carbocycles. The molecule has 0 unspecified atom stereocenters. The first kappa shape index (κ1) is 10.1. The SMILES string of the molecule is C[S+](C)CC(C)(C)CI. The molecule has 0 aromatic heterocycles. The molecule has 0 bridgehead atoms. The largest absolute Gasteiger partial charge is 0.113 e. The molecule has 2 heteroatoms. The standard InChI is InChI=1S/C7H16IS/c1-7(2,5-8)6-9(3)4/h5-6H2,1-4H3/q+1. The lowest BCUT2D eigenvalue weighted by atomic mass is 10.0. The van der Waals surface area contributed by atoms with E-state index < -0.39 is 0 Å². The Hall–Kier alpha value is 1.08. The molecular weight excluding hydrogens is 243 g/mol. The predicted octanol–water partition coefficient (Wildman–Crippen LogP) is 2.33. The van der Waals surface area contributed by atoms with Crippen molar-refractivity contribution in [3.8, 4) is 0 Å². The summed E-state index contributed by atoms with van der Waals surface area (Å²) in [5.74, 6) is 1.37. The summed E-state index contributed by atoms with van der Waals surface area (Å²) in [4.78, 5) is 0. The fraction of sp³-hybridized carbons (Fsp3) is 1.00. The number of halogens is 1. The molecule has 0 radical (unpaired) electrons. The fourth-order valence-corrected chi connectivity index (χ4v) is 3.12. The van der Waals surface area contributed by atoms with Gasteiger partial charge in [-0.05, 0) is 10.9 Å². The van der Waals surface area contributed by atoms with E-state index in [1.165, 1.54) is 10.2 Å². The fourth-order valence-electron chi connectivity index (χ4n) is 0.820. The molecule has 0 rings (SSSR count). The normalized spacial score (nSPS) is 12.7. The van der Waals surface area contributed by atoms with Crippen LogP contribution in [0.1, 0.15) is 13.8 Å². The third-order valence-electron chi connectivity index (χ3n) is 1.04. The molecule has 0 atom stereocenters. The van der Waals surface area contributed by atoms with Crippen molar-refractivity contribution in [2.45, 2.75) is 13.8 Å². The van der Waals surface area contributed by atoms with Gasteiger partial charge < -0.3 is 0 Å². The Morgan fingerprint density at radius 3 is 1.89 bits per heavy atom. The molecule has 0 aromatic carbocycles. The Morgan fingerprint density at radius 2 is 1.78 bits per heavy atom. The molecule has 9 heavy (non-hydrogen) atoms. The molecule has 0 nitrogen and oxygen atoms in total. The Labute approximate surface area is 75.3 Å². The molecule has 0 spiro atoms. The monoisotopic (exact) mass is 259 g/mol. The van der Waals surface area contributed by atoms with E-state index in [1.807, 2.05) is 0 Å². The minimum absolute atomic E-state index is 0.563. The summed E-state index contributed by atoms with van der Waals surface area (Å²) in [6.07, 6.45) is 4.63. The van der Waals surface area contributed by atoms with Crippen LogP contribution in [0.2, 0.25) is 0 Å². The Morgan fingerprint density at radius 1 is 1.33 bits per heavy atom. The van der Waals surface area contributed by atoms with Crippen molar-refractivity contribution >= 4 is 33.5 Å². The molecule has 0 saturated heterocycles. The second kappa shape index (κ2) is 4.06. The molecular formula is C7H16IS+. The van der Waals surface area contributed by atoms with E-state index in [4.69, 9.17) is 0 Å². The van der Waals surface area contributed by atoms with Gasteiger partial charge in [-0.2, -0.15) is 0 Å². The number of alkyl halides is 1. The molecule has 0 aliphatic carbocycles.